The third kappa shape index (κ3) is 79.8. The number of hydrogen-bond acceptors (Lipinski definition) is 7. The van der Waals surface area contributed by atoms with Gasteiger partial charge in [0.25, 0.3) is 0 Å². The van der Waals surface area contributed by atoms with Crippen molar-refractivity contribution in [3.05, 3.63) is 0 Å². The minimum absolute atomic E-state index is 0. The molecular weight excluding hydrogens is 602 g/mol. The van der Waals surface area contributed by atoms with E-state index in [-0.39, 0.29) is 58.4 Å². The SMILES string of the molecule is CCCCCCCCCCCCCCCCCC(=O)O.[O-]P([O-])[O-].[O-]P([O-])[O-].[Zn+2].[Zn+2].[Zn+2]. The van der Waals surface area contributed by atoms with Gasteiger partial charge in [0.15, 0.2) is 0 Å². The minimum atomic E-state index is -3.37. The fraction of sp³-hybridized carbons (Fsp3) is 0.944. The third-order valence-corrected chi connectivity index (χ3v) is 3.99. The maximum absolute atomic E-state index is 10.3. The number of unbranched alkanes of at least 4 members (excludes halogenated alkanes) is 14. The van der Waals surface area contributed by atoms with Crippen LogP contribution >= 0.6 is 17.2 Å². The predicted octanol–water partition coefficient (Wildman–Crippen LogP) is 0.913. The topological polar surface area (TPSA) is 176 Å². The molecule has 13 heteroatoms. The summed E-state index contributed by atoms with van der Waals surface area (Å²) in [5.41, 5.74) is 0. The van der Waals surface area contributed by atoms with Gasteiger partial charge in [-0.15, -0.1) is 0 Å². The number of aliphatic carboxylic acids is 1. The molecule has 0 amide bonds. The fourth-order valence-corrected chi connectivity index (χ4v) is 2.65. The van der Waals surface area contributed by atoms with Gasteiger partial charge in [0.1, 0.15) is 0 Å². The average molecular weight is 639 g/mol. The van der Waals surface area contributed by atoms with Crippen LogP contribution in [0.25, 0.3) is 0 Å². The van der Waals surface area contributed by atoms with Crippen LogP contribution < -0.4 is 29.4 Å². The Balaban J connectivity index is -0.000000122. The molecule has 31 heavy (non-hydrogen) atoms. The van der Waals surface area contributed by atoms with E-state index in [2.05, 4.69) is 6.92 Å². The molecule has 0 aliphatic carbocycles. The molecule has 0 bridgehead atoms. The Bertz CT molecular complexity index is 297. The first kappa shape index (κ1) is 46.3. The zero-order valence-electron chi connectivity index (χ0n) is 19.1. The zero-order valence-corrected chi connectivity index (χ0v) is 29.8. The monoisotopic (exact) mass is 634 g/mol. The molecule has 0 heterocycles. The second kappa shape index (κ2) is 42.1. The Hall–Kier alpha value is 1.96. The van der Waals surface area contributed by atoms with Crippen LogP contribution in [0.3, 0.4) is 0 Å². The number of carboxylic acid groups (broad SMARTS) is 1. The summed E-state index contributed by atoms with van der Waals surface area (Å²) in [5, 5.41) is 8.52. The summed E-state index contributed by atoms with van der Waals surface area (Å²) in [7, 11) is -6.74. The second-order valence-electron chi connectivity index (χ2n) is 6.54. The van der Waals surface area contributed by atoms with Crippen LogP contribution in [0.1, 0.15) is 110 Å². The minimum Gasteiger partial charge on any atom is -0.854 e. The van der Waals surface area contributed by atoms with E-state index in [1.165, 1.54) is 83.5 Å². The molecule has 0 aromatic rings. The summed E-state index contributed by atoms with van der Waals surface area (Å²) in [6, 6.07) is 0. The molecular formula is C18H36O8P2Zn3. The Morgan fingerprint density at radius 2 is 0.742 bits per heavy atom. The van der Waals surface area contributed by atoms with E-state index in [4.69, 9.17) is 34.5 Å². The molecule has 0 saturated carbocycles. The summed E-state index contributed by atoms with van der Waals surface area (Å²) < 4.78 is 0. The Morgan fingerprint density at radius 3 is 0.935 bits per heavy atom. The molecule has 0 unspecified atom stereocenters. The van der Waals surface area contributed by atoms with E-state index in [1.807, 2.05) is 0 Å². The van der Waals surface area contributed by atoms with Crippen LogP contribution in [0.2, 0.25) is 0 Å². The van der Waals surface area contributed by atoms with Crippen molar-refractivity contribution in [2.24, 2.45) is 0 Å². The second-order valence-corrected chi connectivity index (χ2v) is 7.44. The average Bonchev–Trinajstić information content (AvgIpc) is 2.57. The predicted molar refractivity (Wildman–Crippen MR) is 101 cm³/mol. The largest absolute Gasteiger partial charge is 2.00 e. The molecule has 0 spiro atoms. The number of carboxylic acids is 1. The first-order valence-electron chi connectivity index (χ1n) is 10.1. The summed E-state index contributed by atoms with van der Waals surface area (Å²) in [4.78, 5) is 61.2. The van der Waals surface area contributed by atoms with Gasteiger partial charge in [-0.25, -0.2) is 0 Å². The van der Waals surface area contributed by atoms with Crippen LogP contribution in [0.4, 0.5) is 0 Å². The Kier molecular flexibility index (Phi) is 63.0. The van der Waals surface area contributed by atoms with Gasteiger partial charge in [-0.2, -0.15) is 0 Å². The fourth-order valence-electron chi connectivity index (χ4n) is 2.65. The molecule has 172 valence electrons. The molecule has 1 N–H and O–H groups in total. The standard InChI is InChI=1S/C18H36O2.2O3P.3Zn/c1-2-3-4-5-6-7-8-9-10-11-12-13-14-15-16-17-18(19)20;2*1-4(2)3;;;/h2-17H2,1H3,(H,19,20);;;;;/q;2*-3;3*+2. The van der Waals surface area contributed by atoms with E-state index < -0.39 is 23.2 Å². The van der Waals surface area contributed by atoms with E-state index in [0.717, 1.165) is 12.8 Å². The van der Waals surface area contributed by atoms with Crippen molar-refractivity contribution in [2.75, 3.05) is 0 Å². The van der Waals surface area contributed by atoms with Crippen molar-refractivity contribution in [3.63, 3.8) is 0 Å². The normalized spacial score (nSPS) is 9.32. The molecule has 0 aromatic heterocycles. The molecule has 0 fully saturated rings. The van der Waals surface area contributed by atoms with Crippen molar-refractivity contribution < 1.29 is 97.7 Å². The Morgan fingerprint density at radius 1 is 0.548 bits per heavy atom. The van der Waals surface area contributed by atoms with Crippen molar-refractivity contribution in [3.8, 4) is 0 Å². The molecule has 0 aromatic carbocycles. The first-order chi connectivity index (χ1) is 13.2. The third-order valence-electron chi connectivity index (χ3n) is 3.99. The molecule has 0 saturated heterocycles. The molecule has 0 aliphatic heterocycles. The van der Waals surface area contributed by atoms with Crippen molar-refractivity contribution >= 4 is 23.2 Å². The number of rotatable bonds is 16. The van der Waals surface area contributed by atoms with Crippen LogP contribution in [0.15, 0.2) is 0 Å². The van der Waals surface area contributed by atoms with Gasteiger partial charge in [0.2, 0.25) is 0 Å². The number of carbonyl (C=O) groups is 1. The van der Waals surface area contributed by atoms with Gasteiger partial charge in [-0.1, -0.05) is 96.8 Å². The molecule has 0 aliphatic rings. The van der Waals surface area contributed by atoms with Gasteiger partial charge in [-0.05, 0) is 6.42 Å². The summed E-state index contributed by atoms with van der Waals surface area (Å²) in [5.74, 6) is -0.653. The van der Waals surface area contributed by atoms with Crippen LogP contribution in [-0.2, 0) is 63.2 Å². The van der Waals surface area contributed by atoms with E-state index in [9.17, 15) is 4.79 Å². The van der Waals surface area contributed by atoms with Crippen molar-refractivity contribution in [1.29, 1.82) is 0 Å². The first-order valence-corrected chi connectivity index (χ1v) is 12.3. The van der Waals surface area contributed by atoms with E-state index >= 15 is 0 Å². The quantitative estimate of drug-likeness (QED) is 0.147. The van der Waals surface area contributed by atoms with Crippen molar-refractivity contribution in [2.45, 2.75) is 110 Å². The molecule has 0 radical (unpaired) electrons. The van der Waals surface area contributed by atoms with E-state index in [0.29, 0.717) is 6.42 Å². The van der Waals surface area contributed by atoms with Gasteiger partial charge in [0.05, 0.1) is 0 Å². The van der Waals surface area contributed by atoms with Gasteiger partial charge in [-0.3, -0.25) is 4.79 Å². The van der Waals surface area contributed by atoms with Crippen LogP contribution in [-0.4, -0.2) is 11.1 Å². The molecule has 0 rings (SSSR count). The van der Waals surface area contributed by atoms with Crippen LogP contribution in [0, 0.1) is 0 Å². The number of hydrogen-bond donors (Lipinski definition) is 1. The van der Waals surface area contributed by atoms with E-state index in [1.54, 1.807) is 0 Å². The van der Waals surface area contributed by atoms with Crippen molar-refractivity contribution in [1.82, 2.24) is 0 Å². The van der Waals surface area contributed by atoms with Gasteiger partial charge in [0, 0.05) is 6.42 Å². The maximum Gasteiger partial charge on any atom is 2.00 e. The summed E-state index contributed by atoms with van der Waals surface area (Å²) in [6.45, 7) is 2.27. The maximum atomic E-state index is 10.3. The summed E-state index contributed by atoms with van der Waals surface area (Å²) >= 11 is 0. The summed E-state index contributed by atoms with van der Waals surface area (Å²) in [6.07, 6.45) is 20.2. The molecule has 8 nitrogen and oxygen atoms in total. The van der Waals surface area contributed by atoms with Gasteiger partial charge >= 0.3 is 64.4 Å². The molecule has 0 atom stereocenters. The van der Waals surface area contributed by atoms with Crippen LogP contribution in [0.5, 0.6) is 0 Å². The van der Waals surface area contributed by atoms with Gasteiger partial charge < -0.3 is 51.7 Å². The zero-order chi connectivity index (χ0) is 22.0. The smallest absolute Gasteiger partial charge is 0.854 e. The Labute approximate surface area is 229 Å².